The number of hydrogen-bond acceptors (Lipinski definition) is 4. The van der Waals surface area contributed by atoms with E-state index in [-0.39, 0.29) is 16.9 Å². The third kappa shape index (κ3) is 4.93. The van der Waals surface area contributed by atoms with Crippen LogP contribution in [0.4, 0.5) is 16.3 Å². The van der Waals surface area contributed by atoms with Crippen molar-refractivity contribution in [2.24, 2.45) is 0 Å². The molecule has 2 amide bonds. The van der Waals surface area contributed by atoms with E-state index in [2.05, 4.69) is 41.5 Å². The molecular formula is C28H30N6O2. The van der Waals surface area contributed by atoms with Crippen molar-refractivity contribution in [1.82, 2.24) is 19.7 Å². The summed E-state index contributed by atoms with van der Waals surface area (Å²) < 4.78 is 1.49. The van der Waals surface area contributed by atoms with Crippen molar-refractivity contribution in [1.29, 1.82) is 0 Å². The van der Waals surface area contributed by atoms with Crippen LogP contribution < -0.4 is 16.2 Å². The smallest absolute Gasteiger partial charge is 0.308 e. The summed E-state index contributed by atoms with van der Waals surface area (Å²) in [7, 11) is 0. The van der Waals surface area contributed by atoms with Gasteiger partial charge in [-0.25, -0.2) is 9.78 Å². The van der Waals surface area contributed by atoms with Gasteiger partial charge < -0.3 is 5.32 Å². The Labute approximate surface area is 209 Å². The van der Waals surface area contributed by atoms with E-state index in [4.69, 9.17) is 4.98 Å². The molecule has 0 atom stereocenters. The van der Waals surface area contributed by atoms with Gasteiger partial charge in [0.2, 0.25) is 5.95 Å². The van der Waals surface area contributed by atoms with Gasteiger partial charge in [-0.15, -0.1) is 0 Å². The molecular weight excluding hydrogens is 452 g/mol. The molecule has 4 aromatic rings. The first-order valence-electron chi connectivity index (χ1n) is 12.2. The lowest BCUT2D eigenvalue weighted by molar-refractivity contribution is 0.262. The second-order valence-electron chi connectivity index (χ2n) is 10.1. The molecule has 0 unspecified atom stereocenters. The van der Waals surface area contributed by atoms with Crippen LogP contribution in [0.25, 0.3) is 17.2 Å². The number of rotatable bonds is 4. The molecule has 2 aromatic carbocycles. The van der Waals surface area contributed by atoms with Crippen molar-refractivity contribution < 1.29 is 4.79 Å². The quantitative estimate of drug-likeness (QED) is 0.360. The Morgan fingerprint density at radius 2 is 1.69 bits per heavy atom. The summed E-state index contributed by atoms with van der Waals surface area (Å²) >= 11 is 0. The molecule has 2 aromatic heterocycles. The van der Waals surface area contributed by atoms with Gasteiger partial charge in [-0.1, -0.05) is 63.2 Å². The molecule has 2 heterocycles. The molecule has 5 rings (SSSR count). The molecule has 8 heteroatoms. The number of nitrogens with zero attached hydrogens (tertiary/aromatic N) is 3. The van der Waals surface area contributed by atoms with Gasteiger partial charge in [0.1, 0.15) is 5.82 Å². The minimum Gasteiger partial charge on any atom is -0.308 e. The van der Waals surface area contributed by atoms with Crippen molar-refractivity contribution in [3.8, 4) is 17.2 Å². The number of amides is 2. The number of carbonyl (C=O) groups excluding carboxylic acids is 1. The van der Waals surface area contributed by atoms with Crippen molar-refractivity contribution in [3.05, 3.63) is 87.8 Å². The minimum absolute atomic E-state index is 0.0277. The van der Waals surface area contributed by atoms with Crippen LogP contribution in [0.5, 0.6) is 0 Å². The van der Waals surface area contributed by atoms with Crippen LogP contribution in [0, 0.1) is 0 Å². The van der Waals surface area contributed by atoms with E-state index in [9.17, 15) is 9.59 Å². The maximum atomic E-state index is 12.9. The second-order valence-corrected chi connectivity index (χ2v) is 10.1. The highest BCUT2D eigenvalue weighted by Gasteiger charge is 2.20. The highest BCUT2D eigenvalue weighted by molar-refractivity contribution is 5.99. The van der Waals surface area contributed by atoms with Crippen LogP contribution in [-0.4, -0.2) is 25.8 Å². The molecule has 0 spiro atoms. The number of benzene rings is 2. The third-order valence-electron chi connectivity index (χ3n) is 6.41. The normalized spacial score (nSPS) is 13.2. The van der Waals surface area contributed by atoms with Crippen LogP contribution in [0.2, 0.25) is 0 Å². The fourth-order valence-electron chi connectivity index (χ4n) is 4.40. The lowest BCUT2D eigenvalue weighted by Crippen LogP contribution is -2.25. The Kier molecular flexibility index (Phi) is 6.18. The van der Waals surface area contributed by atoms with Crippen LogP contribution in [0.3, 0.4) is 0 Å². The summed E-state index contributed by atoms with van der Waals surface area (Å²) in [5.41, 5.74) is 4.81. The summed E-state index contributed by atoms with van der Waals surface area (Å²) in [6.07, 6.45) is 3.47. The van der Waals surface area contributed by atoms with E-state index in [0.29, 0.717) is 17.2 Å². The van der Waals surface area contributed by atoms with Gasteiger partial charge in [-0.05, 0) is 48.8 Å². The summed E-state index contributed by atoms with van der Waals surface area (Å²) in [6.45, 7) is 6.44. The standard InChI is InChI=1S/C28H30N6O2/c1-28(2,3)19-13-15-20(16-14-19)29-27(36)31-24-17-23(18-9-5-4-6-10-18)33-34(24)26-30-22-12-8-7-11-21(22)25(35)32-26/h4-6,9-10,13-17H,7-8,11-12H2,1-3H3,(H2,29,31,36)(H,30,32,35). The maximum Gasteiger partial charge on any atom is 0.324 e. The monoisotopic (exact) mass is 482 g/mol. The number of H-pyrrole nitrogens is 1. The largest absolute Gasteiger partial charge is 0.324 e. The number of fused-ring (bicyclic) bond motifs is 1. The molecule has 8 nitrogen and oxygen atoms in total. The van der Waals surface area contributed by atoms with E-state index in [1.54, 1.807) is 6.07 Å². The Morgan fingerprint density at radius 1 is 0.972 bits per heavy atom. The summed E-state index contributed by atoms with van der Waals surface area (Å²) in [5.74, 6) is 0.684. The summed E-state index contributed by atoms with van der Waals surface area (Å²) in [4.78, 5) is 33.3. The van der Waals surface area contributed by atoms with Crippen LogP contribution >= 0.6 is 0 Å². The zero-order valence-corrected chi connectivity index (χ0v) is 20.8. The lowest BCUT2D eigenvalue weighted by atomic mass is 9.87. The molecule has 0 saturated heterocycles. The predicted molar refractivity (Wildman–Crippen MR) is 142 cm³/mol. The number of carbonyl (C=O) groups is 1. The van der Waals surface area contributed by atoms with Crippen molar-refractivity contribution in [2.45, 2.75) is 51.9 Å². The first-order valence-corrected chi connectivity index (χ1v) is 12.2. The predicted octanol–water partition coefficient (Wildman–Crippen LogP) is 5.44. The average Bonchev–Trinajstić information content (AvgIpc) is 3.28. The molecule has 3 N–H and O–H groups in total. The highest BCUT2D eigenvalue weighted by atomic mass is 16.2. The fraction of sp³-hybridized carbons (Fsp3) is 0.286. The Morgan fingerprint density at radius 3 is 2.42 bits per heavy atom. The summed E-state index contributed by atoms with van der Waals surface area (Å²) in [6, 6.07) is 18.8. The van der Waals surface area contributed by atoms with Gasteiger partial charge in [0.25, 0.3) is 5.56 Å². The number of urea groups is 1. The Balaban J connectivity index is 1.46. The van der Waals surface area contributed by atoms with Crippen molar-refractivity contribution in [3.63, 3.8) is 0 Å². The van der Waals surface area contributed by atoms with Gasteiger partial charge in [-0.2, -0.15) is 9.78 Å². The maximum absolute atomic E-state index is 12.9. The van der Waals surface area contributed by atoms with Crippen molar-refractivity contribution >= 4 is 17.5 Å². The third-order valence-corrected chi connectivity index (χ3v) is 6.41. The van der Waals surface area contributed by atoms with E-state index in [1.165, 1.54) is 10.2 Å². The van der Waals surface area contributed by atoms with Crippen molar-refractivity contribution in [2.75, 3.05) is 10.6 Å². The topological polar surface area (TPSA) is 105 Å². The number of nitrogens with one attached hydrogen (secondary N) is 3. The fourth-order valence-corrected chi connectivity index (χ4v) is 4.40. The van der Waals surface area contributed by atoms with Gasteiger partial charge >= 0.3 is 6.03 Å². The number of anilines is 2. The molecule has 1 aliphatic carbocycles. The van der Waals surface area contributed by atoms with E-state index in [1.807, 2.05) is 54.6 Å². The van der Waals surface area contributed by atoms with E-state index in [0.717, 1.165) is 42.5 Å². The molecule has 0 aliphatic heterocycles. The zero-order chi connectivity index (χ0) is 25.3. The molecule has 0 radical (unpaired) electrons. The number of aromatic amines is 1. The van der Waals surface area contributed by atoms with Crippen LogP contribution in [0.15, 0.2) is 65.5 Å². The molecule has 0 bridgehead atoms. The first-order chi connectivity index (χ1) is 17.3. The molecule has 184 valence electrons. The number of aromatic nitrogens is 4. The Bertz CT molecular complexity index is 1450. The average molecular weight is 483 g/mol. The van der Waals surface area contributed by atoms with Gasteiger partial charge in [-0.3, -0.25) is 15.1 Å². The SMILES string of the molecule is CC(C)(C)c1ccc(NC(=O)Nc2cc(-c3ccccc3)nn2-c2nc3c(c(=O)[nH]2)CCCC3)cc1. The van der Waals surface area contributed by atoms with E-state index >= 15 is 0 Å². The van der Waals surface area contributed by atoms with Gasteiger partial charge in [0, 0.05) is 22.9 Å². The number of aryl methyl sites for hydroxylation is 1. The Hall–Kier alpha value is -4.20. The molecule has 0 fully saturated rings. The minimum atomic E-state index is -0.417. The second kappa shape index (κ2) is 9.45. The van der Waals surface area contributed by atoms with Crippen LogP contribution in [-0.2, 0) is 18.3 Å². The molecule has 1 aliphatic rings. The van der Waals surface area contributed by atoms with Gasteiger partial charge in [0.05, 0.1) is 11.4 Å². The van der Waals surface area contributed by atoms with Crippen LogP contribution in [0.1, 0.15) is 50.4 Å². The zero-order valence-electron chi connectivity index (χ0n) is 20.8. The molecule has 36 heavy (non-hydrogen) atoms. The number of hydrogen-bond donors (Lipinski definition) is 3. The molecule has 0 saturated carbocycles. The highest BCUT2D eigenvalue weighted by Crippen LogP contribution is 2.26. The lowest BCUT2D eigenvalue weighted by Gasteiger charge is -2.19. The van der Waals surface area contributed by atoms with Gasteiger partial charge in [0.15, 0.2) is 0 Å². The first kappa shape index (κ1) is 23.5. The van der Waals surface area contributed by atoms with E-state index < -0.39 is 6.03 Å². The summed E-state index contributed by atoms with van der Waals surface area (Å²) in [5, 5.41) is 10.4.